The van der Waals surface area contributed by atoms with E-state index in [4.69, 9.17) is 0 Å². The Hall–Kier alpha value is -1.40. The molecule has 134 valence electrons. The minimum atomic E-state index is -3.57. The zero-order valence-electron chi connectivity index (χ0n) is 14.8. The second-order valence-electron chi connectivity index (χ2n) is 7.36. The third kappa shape index (κ3) is 5.05. The number of likely N-dealkylation sites (tertiary alicyclic amines) is 1. The Morgan fingerprint density at radius 3 is 2.21 bits per heavy atom. The predicted molar refractivity (Wildman–Crippen MR) is 95.4 cm³/mol. The summed E-state index contributed by atoms with van der Waals surface area (Å²) in [6.45, 7) is 7.97. The molecule has 0 aliphatic carbocycles. The van der Waals surface area contributed by atoms with E-state index in [2.05, 4.69) is 25.5 Å². The van der Waals surface area contributed by atoms with E-state index in [1.54, 1.807) is 12.1 Å². The fourth-order valence-electron chi connectivity index (χ4n) is 2.81. The first-order valence-electron chi connectivity index (χ1n) is 8.58. The molecule has 24 heavy (non-hydrogen) atoms. The van der Waals surface area contributed by atoms with Crippen molar-refractivity contribution in [2.24, 2.45) is 0 Å². The number of carbonyl (C=O) groups is 1. The van der Waals surface area contributed by atoms with Gasteiger partial charge in [0.2, 0.25) is 15.9 Å². The molecule has 0 saturated carbocycles. The Morgan fingerprint density at radius 1 is 1.08 bits per heavy atom. The maximum absolute atomic E-state index is 12.3. The highest BCUT2D eigenvalue weighted by Crippen LogP contribution is 2.23. The van der Waals surface area contributed by atoms with Crippen LogP contribution in [0.25, 0.3) is 0 Å². The van der Waals surface area contributed by atoms with Crippen molar-refractivity contribution in [3.05, 3.63) is 29.8 Å². The fourth-order valence-corrected chi connectivity index (χ4v) is 3.84. The van der Waals surface area contributed by atoms with E-state index in [-0.39, 0.29) is 29.2 Å². The molecule has 1 aromatic carbocycles. The monoisotopic (exact) mass is 352 g/mol. The first-order valence-corrected chi connectivity index (χ1v) is 10.1. The second kappa shape index (κ2) is 7.66. The molecule has 2 rings (SSSR count). The first kappa shape index (κ1) is 18.9. The van der Waals surface area contributed by atoms with E-state index in [1.165, 1.54) is 6.42 Å². The van der Waals surface area contributed by atoms with Crippen LogP contribution in [0.5, 0.6) is 0 Å². The first-order chi connectivity index (χ1) is 11.2. The maximum Gasteiger partial charge on any atom is 0.240 e. The topological polar surface area (TPSA) is 66.5 Å². The normalized spacial score (nSPS) is 16.2. The molecule has 0 aromatic heterocycles. The van der Waals surface area contributed by atoms with Gasteiger partial charge in [0.25, 0.3) is 0 Å². The van der Waals surface area contributed by atoms with Gasteiger partial charge in [-0.25, -0.2) is 13.1 Å². The van der Waals surface area contributed by atoms with Crippen LogP contribution in [0, 0.1) is 0 Å². The Kier molecular flexibility index (Phi) is 6.04. The average molecular weight is 353 g/mol. The van der Waals surface area contributed by atoms with Gasteiger partial charge in [0.15, 0.2) is 0 Å². The van der Waals surface area contributed by atoms with Gasteiger partial charge in [-0.2, -0.15) is 0 Å². The summed E-state index contributed by atoms with van der Waals surface area (Å²) in [4.78, 5) is 14.1. The van der Waals surface area contributed by atoms with Gasteiger partial charge in [-0.05, 0) is 42.4 Å². The zero-order valence-corrected chi connectivity index (χ0v) is 15.7. The van der Waals surface area contributed by atoms with Crippen molar-refractivity contribution in [2.45, 2.75) is 56.8 Å². The van der Waals surface area contributed by atoms with Crippen molar-refractivity contribution < 1.29 is 13.2 Å². The molecular weight excluding hydrogens is 324 g/mol. The van der Waals surface area contributed by atoms with Crippen molar-refractivity contribution in [1.82, 2.24) is 9.62 Å². The van der Waals surface area contributed by atoms with Crippen molar-refractivity contribution in [3.8, 4) is 0 Å². The number of piperidine rings is 1. The molecule has 6 heteroatoms. The average Bonchev–Trinajstić information content (AvgIpc) is 2.55. The third-order valence-corrected chi connectivity index (χ3v) is 5.85. The lowest BCUT2D eigenvalue weighted by atomic mass is 9.87. The summed E-state index contributed by atoms with van der Waals surface area (Å²) in [6, 6.07) is 6.92. The van der Waals surface area contributed by atoms with Crippen molar-refractivity contribution >= 4 is 15.9 Å². The van der Waals surface area contributed by atoms with Crippen LogP contribution >= 0.6 is 0 Å². The summed E-state index contributed by atoms with van der Waals surface area (Å²) in [5.74, 6) is 0.0282. The number of hydrogen-bond donors (Lipinski definition) is 1. The third-order valence-electron chi connectivity index (χ3n) is 4.37. The van der Waals surface area contributed by atoms with Gasteiger partial charge in [0, 0.05) is 26.1 Å². The number of amides is 1. The highest BCUT2D eigenvalue weighted by molar-refractivity contribution is 7.89. The van der Waals surface area contributed by atoms with Crippen LogP contribution < -0.4 is 4.72 Å². The molecule has 0 unspecified atom stereocenters. The Bertz CT molecular complexity index is 654. The molecule has 1 aromatic rings. The largest absolute Gasteiger partial charge is 0.343 e. The fraction of sp³-hybridized carbons (Fsp3) is 0.611. The summed E-state index contributed by atoms with van der Waals surface area (Å²) >= 11 is 0. The van der Waals surface area contributed by atoms with E-state index in [0.29, 0.717) is 0 Å². The van der Waals surface area contributed by atoms with Crippen LogP contribution in [0.15, 0.2) is 29.2 Å². The van der Waals surface area contributed by atoms with Gasteiger partial charge in [0.1, 0.15) is 0 Å². The second-order valence-corrected chi connectivity index (χ2v) is 9.13. The van der Waals surface area contributed by atoms with E-state index in [0.717, 1.165) is 31.5 Å². The van der Waals surface area contributed by atoms with Crippen LogP contribution in [0.4, 0.5) is 0 Å². The van der Waals surface area contributed by atoms with Crippen LogP contribution in [0.1, 0.15) is 52.0 Å². The predicted octanol–water partition coefficient (Wildman–Crippen LogP) is 2.67. The van der Waals surface area contributed by atoms with Gasteiger partial charge >= 0.3 is 0 Å². The van der Waals surface area contributed by atoms with Gasteiger partial charge in [-0.3, -0.25) is 4.79 Å². The molecule has 1 aliphatic rings. The smallest absolute Gasteiger partial charge is 0.240 e. The molecule has 0 atom stereocenters. The van der Waals surface area contributed by atoms with Gasteiger partial charge in [-0.1, -0.05) is 32.9 Å². The van der Waals surface area contributed by atoms with Crippen molar-refractivity contribution in [1.29, 1.82) is 0 Å². The quantitative estimate of drug-likeness (QED) is 0.886. The van der Waals surface area contributed by atoms with Gasteiger partial charge in [-0.15, -0.1) is 0 Å². The molecule has 0 radical (unpaired) electrons. The number of hydrogen-bond acceptors (Lipinski definition) is 3. The lowest BCUT2D eigenvalue weighted by Gasteiger charge is -2.26. The lowest BCUT2D eigenvalue weighted by molar-refractivity contribution is -0.131. The minimum absolute atomic E-state index is 0.0173. The number of nitrogens with zero attached hydrogens (tertiary/aromatic N) is 1. The van der Waals surface area contributed by atoms with Crippen molar-refractivity contribution in [3.63, 3.8) is 0 Å². The molecule has 1 heterocycles. The highest BCUT2D eigenvalue weighted by atomic mass is 32.2. The molecule has 0 bridgehead atoms. The Labute approximate surface area is 145 Å². The Balaban J connectivity index is 1.90. The van der Waals surface area contributed by atoms with E-state index < -0.39 is 10.0 Å². The molecular formula is C18H28N2O3S. The molecule has 1 saturated heterocycles. The standard InChI is InChI=1S/C18H28N2O3S/c1-18(2,3)15-7-9-16(10-8-15)24(22,23)19-12-11-17(21)20-13-5-4-6-14-20/h7-10,19H,4-6,11-14H2,1-3H3. The number of sulfonamides is 1. The molecule has 1 aliphatic heterocycles. The van der Waals surface area contributed by atoms with Crippen LogP contribution in [0.3, 0.4) is 0 Å². The van der Waals surface area contributed by atoms with Gasteiger partial charge in [0.05, 0.1) is 4.90 Å². The molecule has 1 amide bonds. The van der Waals surface area contributed by atoms with Crippen LogP contribution in [-0.4, -0.2) is 38.9 Å². The van der Waals surface area contributed by atoms with Crippen LogP contribution in [0.2, 0.25) is 0 Å². The zero-order chi connectivity index (χ0) is 17.8. The van der Waals surface area contributed by atoms with E-state index in [9.17, 15) is 13.2 Å². The summed E-state index contributed by atoms with van der Waals surface area (Å²) in [6.07, 6.45) is 3.45. The van der Waals surface area contributed by atoms with E-state index >= 15 is 0 Å². The highest BCUT2D eigenvalue weighted by Gasteiger charge is 2.19. The Morgan fingerprint density at radius 2 is 1.67 bits per heavy atom. The number of benzene rings is 1. The van der Waals surface area contributed by atoms with E-state index in [1.807, 2.05) is 17.0 Å². The molecule has 1 fully saturated rings. The maximum atomic E-state index is 12.3. The lowest BCUT2D eigenvalue weighted by Crippen LogP contribution is -2.37. The molecule has 5 nitrogen and oxygen atoms in total. The number of carbonyl (C=O) groups excluding carboxylic acids is 1. The summed E-state index contributed by atoms with van der Waals surface area (Å²) < 4.78 is 27.2. The van der Waals surface area contributed by atoms with Crippen LogP contribution in [-0.2, 0) is 20.2 Å². The summed E-state index contributed by atoms with van der Waals surface area (Å²) in [5.41, 5.74) is 1.07. The van der Waals surface area contributed by atoms with Crippen molar-refractivity contribution in [2.75, 3.05) is 19.6 Å². The summed E-state index contributed by atoms with van der Waals surface area (Å²) in [5, 5.41) is 0. The number of nitrogens with one attached hydrogen (secondary N) is 1. The number of rotatable bonds is 5. The molecule has 1 N–H and O–H groups in total. The SMILES string of the molecule is CC(C)(C)c1ccc(S(=O)(=O)NCCC(=O)N2CCCCC2)cc1. The summed E-state index contributed by atoms with van der Waals surface area (Å²) in [7, 11) is -3.57. The minimum Gasteiger partial charge on any atom is -0.343 e. The van der Waals surface area contributed by atoms with Gasteiger partial charge < -0.3 is 4.90 Å². The molecule has 0 spiro atoms.